The van der Waals surface area contributed by atoms with Crippen LogP contribution in [0.1, 0.15) is 52.4 Å². The van der Waals surface area contributed by atoms with Gasteiger partial charge in [-0.05, 0) is 67.5 Å². The van der Waals surface area contributed by atoms with Crippen molar-refractivity contribution in [1.82, 2.24) is 24.7 Å². The maximum absolute atomic E-state index is 13.6. The van der Waals surface area contributed by atoms with Crippen LogP contribution in [0.25, 0.3) is 17.2 Å². The van der Waals surface area contributed by atoms with Crippen LogP contribution < -0.4 is 10.1 Å². The molecule has 3 aromatic heterocycles. The van der Waals surface area contributed by atoms with Crippen LogP contribution in [-0.4, -0.2) is 30.6 Å². The van der Waals surface area contributed by atoms with Crippen LogP contribution in [-0.2, 0) is 12.8 Å². The third-order valence-corrected chi connectivity index (χ3v) is 7.22. The zero-order valence-corrected chi connectivity index (χ0v) is 21.2. The van der Waals surface area contributed by atoms with Gasteiger partial charge in [-0.1, -0.05) is 36.4 Å². The molecule has 1 fully saturated rings. The maximum atomic E-state index is 13.6. The number of ether oxygens (including phenoxy) is 1. The highest BCUT2D eigenvalue weighted by atomic mass is 16.5. The van der Waals surface area contributed by atoms with Crippen molar-refractivity contribution in [2.45, 2.75) is 38.0 Å². The molecule has 1 N–H and O–H groups in total. The SMILES string of the molecule is O=C(Nc1ccccc1Oc1cccnc1)c1cnn(-c2ncc3c(n2)-c2ccccc2CCC3)c1C1CC1. The lowest BCUT2D eigenvalue weighted by Gasteiger charge is -2.13. The molecule has 3 heterocycles. The van der Waals surface area contributed by atoms with Crippen LogP contribution >= 0.6 is 0 Å². The van der Waals surface area contributed by atoms with E-state index in [1.807, 2.05) is 36.5 Å². The molecule has 8 heteroatoms. The summed E-state index contributed by atoms with van der Waals surface area (Å²) in [6, 6.07) is 19.4. The Morgan fingerprint density at radius 1 is 0.923 bits per heavy atom. The van der Waals surface area contributed by atoms with Gasteiger partial charge in [0.05, 0.1) is 35.0 Å². The van der Waals surface area contributed by atoms with Gasteiger partial charge in [-0.2, -0.15) is 5.10 Å². The van der Waals surface area contributed by atoms with Crippen LogP contribution in [0.2, 0.25) is 0 Å². The van der Waals surface area contributed by atoms with Crippen molar-refractivity contribution in [3.8, 4) is 28.7 Å². The molecule has 5 aromatic rings. The first-order valence-electron chi connectivity index (χ1n) is 13.3. The van der Waals surface area contributed by atoms with Gasteiger partial charge in [0.25, 0.3) is 11.9 Å². The summed E-state index contributed by atoms with van der Waals surface area (Å²) < 4.78 is 7.73. The van der Waals surface area contributed by atoms with Crippen LogP contribution in [0, 0.1) is 0 Å². The molecule has 0 unspecified atom stereocenters. The highest BCUT2D eigenvalue weighted by molar-refractivity contribution is 6.06. The van der Waals surface area contributed by atoms with Gasteiger partial charge >= 0.3 is 0 Å². The number of nitrogens with one attached hydrogen (secondary N) is 1. The molecule has 1 amide bonds. The van der Waals surface area contributed by atoms with Gasteiger partial charge in [-0.15, -0.1) is 0 Å². The predicted octanol–water partition coefficient (Wildman–Crippen LogP) is 6.14. The summed E-state index contributed by atoms with van der Waals surface area (Å²) in [6.07, 6.45) is 11.9. The van der Waals surface area contributed by atoms with Crippen LogP contribution in [0.5, 0.6) is 11.5 Å². The Labute approximate surface area is 225 Å². The zero-order chi connectivity index (χ0) is 26.2. The first kappa shape index (κ1) is 23.3. The van der Waals surface area contributed by atoms with Crippen LogP contribution in [0.4, 0.5) is 5.69 Å². The highest BCUT2D eigenvalue weighted by Crippen LogP contribution is 2.43. The lowest BCUT2D eigenvalue weighted by Crippen LogP contribution is -2.15. The number of aryl methyl sites for hydroxylation is 2. The monoisotopic (exact) mass is 514 g/mol. The first-order valence-corrected chi connectivity index (χ1v) is 13.3. The molecule has 0 saturated heterocycles. The summed E-state index contributed by atoms with van der Waals surface area (Å²) >= 11 is 0. The molecule has 192 valence electrons. The second kappa shape index (κ2) is 9.79. The van der Waals surface area contributed by atoms with Crippen molar-refractivity contribution in [1.29, 1.82) is 0 Å². The Balaban J connectivity index is 1.22. The van der Waals surface area contributed by atoms with E-state index in [9.17, 15) is 4.79 Å². The number of fused-ring (bicyclic) bond motifs is 3. The third-order valence-electron chi connectivity index (χ3n) is 7.22. The van der Waals surface area contributed by atoms with Gasteiger partial charge in [0.15, 0.2) is 5.75 Å². The van der Waals surface area contributed by atoms with E-state index in [2.05, 4.69) is 39.7 Å². The fourth-order valence-electron chi connectivity index (χ4n) is 5.18. The second-order valence-electron chi connectivity index (χ2n) is 9.93. The van der Waals surface area contributed by atoms with E-state index in [0.29, 0.717) is 28.7 Å². The third kappa shape index (κ3) is 4.54. The number of carbonyl (C=O) groups excluding carboxylic acids is 1. The summed E-state index contributed by atoms with van der Waals surface area (Å²) in [5.74, 6) is 1.61. The standard InChI is InChI=1S/C31H26N6O2/c38-30(35-26-12-3-4-13-27(26)39-23-10-6-16-32-18-23)25-19-34-37(29(25)21-14-15-21)31-33-17-22-9-5-8-20-7-1-2-11-24(20)28(22)36-31/h1-4,6-7,10-13,16-19,21H,5,8-9,14-15H2,(H,35,38). The minimum Gasteiger partial charge on any atom is -0.454 e. The molecule has 0 aliphatic heterocycles. The summed E-state index contributed by atoms with van der Waals surface area (Å²) in [5, 5.41) is 7.65. The molecular formula is C31H26N6O2. The average molecular weight is 515 g/mol. The van der Waals surface area contributed by atoms with Gasteiger partial charge in [-0.3, -0.25) is 9.78 Å². The molecule has 0 spiro atoms. The number of para-hydroxylation sites is 2. The van der Waals surface area contributed by atoms with Crippen molar-refractivity contribution >= 4 is 11.6 Å². The van der Waals surface area contributed by atoms with Crippen molar-refractivity contribution in [2.24, 2.45) is 0 Å². The smallest absolute Gasteiger partial charge is 0.259 e. The first-order chi connectivity index (χ1) is 19.2. The Hall–Kier alpha value is -4.85. The number of carbonyl (C=O) groups is 1. The number of hydrogen-bond acceptors (Lipinski definition) is 6. The molecule has 0 atom stereocenters. The van der Waals surface area contributed by atoms with E-state index < -0.39 is 0 Å². The Morgan fingerprint density at radius 3 is 2.64 bits per heavy atom. The Morgan fingerprint density at radius 2 is 1.77 bits per heavy atom. The number of benzene rings is 2. The Kier molecular flexibility index (Phi) is 5.85. The van der Waals surface area contributed by atoms with Gasteiger partial charge in [-0.25, -0.2) is 14.6 Å². The van der Waals surface area contributed by atoms with E-state index in [1.54, 1.807) is 29.3 Å². The zero-order valence-electron chi connectivity index (χ0n) is 21.2. The highest BCUT2D eigenvalue weighted by Gasteiger charge is 2.34. The molecule has 2 aliphatic carbocycles. The van der Waals surface area contributed by atoms with Gasteiger partial charge in [0.2, 0.25) is 0 Å². The molecule has 7 rings (SSSR count). The minimum absolute atomic E-state index is 0.241. The maximum Gasteiger partial charge on any atom is 0.259 e. The van der Waals surface area contributed by atoms with Crippen molar-refractivity contribution < 1.29 is 9.53 Å². The van der Waals surface area contributed by atoms with E-state index >= 15 is 0 Å². The number of nitrogens with zero attached hydrogens (tertiary/aromatic N) is 5. The summed E-state index contributed by atoms with van der Waals surface area (Å²) in [6.45, 7) is 0. The van der Waals surface area contributed by atoms with Gasteiger partial charge < -0.3 is 10.1 Å². The van der Waals surface area contributed by atoms with Crippen LogP contribution in [0.3, 0.4) is 0 Å². The lowest BCUT2D eigenvalue weighted by molar-refractivity contribution is 0.102. The summed E-state index contributed by atoms with van der Waals surface area (Å²) in [4.78, 5) is 27.4. The average Bonchev–Trinajstić information content (AvgIpc) is 3.75. The predicted molar refractivity (Wildman–Crippen MR) is 147 cm³/mol. The quantitative estimate of drug-likeness (QED) is 0.293. The molecule has 1 saturated carbocycles. The van der Waals surface area contributed by atoms with Crippen molar-refractivity contribution in [3.63, 3.8) is 0 Å². The summed E-state index contributed by atoms with van der Waals surface area (Å²) in [5.41, 5.74) is 6.49. The minimum atomic E-state index is -0.245. The fourth-order valence-corrected chi connectivity index (χ4v) is 5.18. The second-order valence-corrected chi connectivity index (χ2v) is 9.93. The number of anilines is 1. The molecule has 2 aliphatic rings. The normalized spacial score (nSPS) is 14.2. The molecule has 8 nitrogen and oxygen atoms in total. The van der Waals surface area contributed by atoms with Crippen LogP contribution in [0.15, 0.2) is 85.5 Å². The largest absolute Gasteiger partial charge is 0.454 e. The van der Waals surface area contributed by atoms with E-state index in [4.69, 9.17) is 14.7 Å². The van der Waals surface area contributed by atoms with Crippen molar-refractivity contribution in [2.75, 3.05) is 5.32 Å². The molecule has 0 bridgehead atoms. The van der Waals surface area contributed by atoms with Gasteiger partial charge in [0.1, 0.15) is 5.75 Å². The van der Waals surface area contributed by atoms with Gasteiger partial charge in [0, 0.05) is 23.9 Å². The van der Waals surface area contributed by atoms with E-state index in [0.717, 1.165) is 54.6 Å². The number of rotatable bonds is 6. The number of hydrogen-bond donors (Lipinski definition) is 1. The van der Waals surface area contributed by atoms with Crippen molar-refractivity contribution in [3.05, 3.63) is 108 Å². The topological polar surface area (TPSA) is 94.8 Å². The molecule has 0 radical (unpaired) electrons. The number of pyridine rings is 1. The summed E-state index contributed by atoms with van der Waals surface area (Å²) in [7, 11) is 0. The molecule has 2 aromatic carbocycles. The fraction of sp³-hybridized carbons (Fsp3) is 0.194. The lowest BCUT2D eigenvalue weighted by atomic mass is 10.0. The molecular weight excluding hydrogens is 488 g/mol. The number of aromatic nitrogens is 5. The number of amides is 1. The Bertz CT molecular complexity index is 1680. The molecule has 39 heavy (non-hydrogen) atoms. The van der Waals surface area contributed by atoms with E-state index in [1.165, 1.54) is 5.56 Å². The van der Waals surface area contributed by atoms with E-state index in [-0.39, 0.29) is 11.8 Å².